The van der Waals surface area contributed by atoms with Crippen LogP contribution in [-0.2, 0) is 11.8 Å². The molecule has 0 N–H and O–H groups in total. The molecule has 1 fully saturated rings. The van der Waals surface area contributed by atoms with E-state index in [-0.39, 0.29) is 5.41 Å². The van der Waals surface area contributed by atoms with Gasteiger partial charge in [-0.05, 0) is 60.1 Å². The van der Waals surface area contributed by atoms with Gasteiger partial charge in [-0.15, -0.1) is 0 Å². The van der Waals surface area contributed by atoms with Crippen molar-refractivity contribution in [2.75, 3.05) is 19.6 Å². The van der Waals surface area contributed by atoms with Gasteiger partial charge >= 0.3 is 0 Å². The van der Waals surface area contributed by atoms with Crippen molar-refractivity contribution in [1.29, 1.82) is 0 Å². The van der Waals surface area contributed by atoms with Crippen molar-refractivity contribution in [1.82, 2.24) is 4.90 Å². The Balaban J connectivity index is 1.99. The predicted molar refractivity (Wildman–Crippen MR) is 102 cm³/mol. The zero-order valence-corrected chi connectivity index (χ0v) is 16.2. The van der Waals surface area contributed by atoms with Gasteiger partial charge in [-0.2, -0.15) is 0 Å². The first kappa shape index (κ1) is 18.5. The quantitative estimate of drug-likeness (QED) is 0.690. The Kier molecular flexibility index (Phi) is 6.31. The minimum atomic E-state index is 0.250. The van der Waals surface area contributed by atoms with Crippen LogP contribution in [0.15, 0.2) is 24.3 Å². The van der Waals surface area contributed by atoms with Crippen LogP contribution in [-0.4, -0.2) is 24.5 Å². The van der Waals surface area contributed by atoms with Crippen LogP contribution >= 0.6 is 0 Å². The first-order valence-electron chi connectivity index (χ1n) is 9.57. The van der Waals surface area contributed by atoms with Crippen molar-refractivity contribution in [2.45, 2.75) is 66.2 Å². The van der Waals surface area contributed by atoms with Crippen molar-refractivity contribution < 1.29 is 0 Å². The van der Waals surface area contributed by atoms with E-state index >= 15 is 0 Å². The van der Waals surface area contributed by atoms with Crippen molar-refractivity contribution in [2.24, 2.45) is 17.8 Å². The molecule has 1 heterocycles. The molecule has 1 saturated heterocycles. The molecule has 2 rings (SSSR count). The standard InChI is InChI=1S/C22H37N/c1-17(2)20(16-23-13-7-8-18(3)15-23)14-19-9-11-21(12-10-19)22(4,5)6/h9-12,17-18,20H,7-8,13-16H2,1-6H3. The highest BCUT2D eigenvalue weighted by molar-refractivity contribution is 5.27. The highest BCUT2D eigenvalue weighted by Crippen LogP contribution is 2.25. The molecule has 0 spiro atoms. The molecule has 130 valence electrons. The first-order valence-corrected chi connectivity index (χ1v) is 9.57. The summed E-state index contributed by atoms with van der Waals surface area (Å²) < 4.78 is 0. The Bertz CT molecular complexity index is 466. The lowest BCUT2D eigenvalue weighted by molar-refractivity contribution is 0.142. The summed E-state index contributed by atoms with van der Waals surface area (Å²) in [7, 11) is 0. The highest BCUT2D eigenvalue weighted by atomic mass is 15.1. The van der Waals surface area contributed by atoms with E-state index in [0.29, 0.717) is 0 Å². The molecule has 1 aliphatic rings. The molecular weight excluding hydrogens is 278 g/mol. The second kappa shape index (κ2) is 7.83. The topological polar surface area (TPSA) is 3.24 Å². The lowest BCUT2D eigenvalue weighted by Crippen LogP contribution is -2.39. The maximum Gasteiger partial charge on any atom is 0.00154 e. The number of benzene rings is 1. The largest absolute Gasteiger partial charge is 0.303 e. The van der Waals surface area contributed by atoms with E-state index in [1.54, 1.807) is 0 Å². The van der Waals surface area contributed by atoms with Gasteiger partial charge in [0.2, 0.25) is 0 Å². The minimum Gasteiger partial charge on any atom is -0.303 e. The molecular formula is C22H37N. The third-order valence-electron chi connectivity index (χ3n) is 5.49. The Morgan fingerprint density at radius 2 is 1.78 bits per heavy atom. The second-order valence-electron chi connectivity index (χ2n) is 9.16. The predicted octanol–water partition coefficient (Wildman–Crippen LogP) is 5.53. The molecule has 1 heteroatoms. The van der Waals surface area contributed by atoms with Gasteiger partial charge in [0.1, 0.15) is 0 Å². The highest BCUT2D eigenvalue weighted by Gasteiger charge is 2.22. The summed E-state index contributed by atoms with van der Waals surface area (Å²) in [5, 5.41) is 0. The van der Waals surface area contributed by atoms with Crippen molar-refractivity contribution in [3.63, 3.8) is 0 Å². The minimum absolute atomic E-state index is 0.250. The third-order valence-corrected chi connectivity index (χ3v) is 5.49. The molecule has 0 saturated carbocycles. The molecule has 1 aliphatic heterocycles. The average Bonchev–Trinajstić information content (AvgIpc) is 2.46. The van der Waals surface area contributed by atoms with Gasteiger partial charge in [-0.1, -0.05) is 65.8 Å². The van der Waals surface area contributed by atoms with Gasteiger partial charge in [0.15, 0.2) is 0 Å². The van der Waals surface area contributed by atoms with Gasteiger partial charge in [0.05, 0.1) is 0 Å². The zero-order valence-electron chi connectivity index (χ0n) is 16.2. The molecule has 0 bridgehead atoms. The van der Waals surface area contributed by atoms with E-state index in [0.717, 1.165) is 17.8 Å². The first-order chi connectivity index (χ1) is 10.8. The summed E-state index contributed by atoms with van der Waals surface area (Å²) in [4.78, 5) is 2.71. The Morgan fingerprint density at radius 1 is 1.13 bits per heavy atom. The van der Waals surface area contributed by atoms with Crippen LogP contribution in [0.1, 0.15) is 65.5 Å². The van der Waals surface area contributed by atoms with E-state index in [4.69, 9.17) is 0 Å². The van der Waals surface area contributed by atoms with E-state index in [1.807, 2.05) is 0 Å². The molecule has 0 amide bonds. The summed E-state index contributed by atoms with van der Waals surface area (Å²) in [5.74, 6) is 2.39. The van der Waals surface area contributed by atoms with Gasteiger partial charge in [0, 0.05) is 13.1 Å². The Morgan fingerprint density at radius 3 is 2.30 bits per heavy atom. The van der Waals surface area contributed by atoms with Crippen LogP contribution < -0.4 is 0 Å². The molecule has 0 aromatic heterocycles. The lowest BCUT2D eigenvalue weighted by atomic mass is 9.84. The summed E-state index contributed by atoms with van der Waals surface area (Å²) in [6.45, 7) is 17.9. The number of piperidine rings is 1. The fraction of sp³-hybridized carbons (Fsp3) is 0.727. The van der Waals surface area contributed by atoms with Crippen LogP contribution in [0.4, 0.5) is 0 Å². The fourth-order valence-corrected chi connectivity index (χ4v) is 3.74. The van der Waals surface area contributed by atoms with Crippen LogP contribution in [0.2, 0.25) is 0 Å². The zero-order chi connectivity index (χ0) is 17.0. The maximum absolute atomic E-state index is 2.71. The Labute approximate surface area is 144 Å². The second-order valence-corrected chi connectivity index (χ2v) is 9.16. The summed E-state index contributed by atoms with van der Waals surface area (Å²) in [6.07, 6.45) is 4.01. The molecule has 0 radical (unpaired) electrons. The van der Waals surface area contributed by atoms with Gasteiger partial charge < -0.3 is 4.90 Å². The molecule has 1 aromatic carbocycles. The number of likely N-dealkylation sites (tertiary alicyclic amines) is 1. The monoisotopic (exact) mass is 315 g/mol. The van der Waals surface area contributed by atoms with Crippen molar-refractivity contribution in [3.8, 4) is 0 Å². The van der Waals surface area contributed by atoms with Crippen LogP contribution in [0.25, 0.3) is 0 Å². The number of hydrogen-bond acceptors (Lipinski definition) is 1. The summed E-state index contributed by atoms with van der Waals surface area (Å²) in [6, 6.07) is 9.37. The van der Waals surface area contributed by atoms with Gasteiger partial charge in [-0.3, -0.25) is 0 Å². The van der Waals surface area contributed by atoms with Crippen LogP contribution in [0.5, 0.6) is 0 Å². The third kappa shape index (κ3) is 5.64. The molecule has 2 atom stereocenters. The van der Waals surface area contributed by atoms with E-state index in [1.165, 1.54) is 50.0 Å². The van der Waals surface area contributed by atoms with Crippen molar-refractivity contribution >= 4 is 0 Å². The maximum atomic E-state index is 2.71. The van der Waals surface area contributed by atoms with E-state index in [2.05, 4.69) is 70.7 Å². The van der Waals surface area contributed by atoms with E-state index < -0.39 is 0 Å². The molecule has 0 aliphatic carbocycles. The summed E-state index contributed by atoms with van der Waals surface area (Å²) in [5.41, 5.74) is 3.19. The van der Waals surface area contributed by atoms with Gasteiger partial charge in [-0.25, -0.2) is 0 Å². The van der Waals surface area contributed by atoms with Crippen LogP contribution in [0, 0.1) is 17.8 Å². The number of rotatable bonds is 5. The fourth-order valence-electron chi connectivity index (χ4n) is 3.74. The van der Waals surface area contributed by atoms with Gasteiger partial charge in [0.25, 0.3) is 0 Å². The average molecular weight is 316 g/mol. The molecule has 2 unspecified atom stereocenters. The SMILES string of the molecule is CC1CCCN(CC(Cc2ccc(C(C)(C)C)cc2)C(C)C)C1. The number of hydrogen-bond donors (Lipinski definition) is 0. The lowest BCUT2D eigenvalue weighted by Gasteiger charge is -2.35. The normalized spacial score (nSPS) is 21.6. The summed E-state index contributed by atoms with van der Waals surface area (Å²) >= 11 is 0. The molecule has 1 aromatic rings. The molecule has 1 nitrogen and oxygen atoms in total. The van der Waals surface area contributed by atoms with Crippen LogP contribution in [0.3, 0.4) is 0 Å². The molecule has 23 heavy (non-hydrogen) atoms. The Hall–Kier alpha value is -0.820. The van der Waals surface area contributed by atoms with Crippen molar-refractivity contribution in [3.05, 3.63) is 35.4 Å². The smallest absolute Gasteiger partial charge is 0.00154 e. The number of nitrogens with zero attached hydrogens (tertiary/aromatic N) is 1. The van der Waals surface area contributed by atoms with E-state index in [9.17, 15) is 0 Å².